The van der Waals surface area contributed by atoms with Crippen molar-refractivity contribution >= 4 is 28.9 Å². The van der Waals surface area contributed by atoms with Crippen molar-refractivity contribution in [2.75, 3.05) is 25.0 Å². The molecular weight excluding hydrogens is 330 g/mol. The van der Waals surface area contributed by atoms with Gasteiger partial charge in [-0.2, -0.15) is 0 Å². The quantitative estimate of drug-likeness (QED) is 0.585. The number of pyridine rings is 1. The Morgan fingerprint density at radius 1 is 1.58 bits per heavy atom. The highest BCUT2D eigenvalue weighted by molar-refractivity contribution is 6.60. The highest BCUT2D eigenvalue weighted by Gasteiger charge is 2.18. The van der Waals surface area contributed by atoms with E-state index in [9.17, 15) is 4.79 Å². The van der Waals surface area contributed by atoms with Crippen LogP contribution in [0.25, 0.3) is 0 Å². The summed E-state index contributed by atoms with van der Waals surface area (Å²) in [5, 5.41) is 13.6. The van der Waals surface area contributed by atoms with Gasteiger partial charge in [0.25, 0.3) is 5.91 Å². The van der Waals surface area contributed by atoms with Gasteiger partial charge in [-0.15, -0.1) is 0 Å². The minimum Gasteiger partial charge on any atom is -0.401 e. The third-order valence-corrected chi connectivity index (χ3v) is 3.98. The molecule has 0 saturated carbocycles. The van der Waals surface area contributed by atoms with Crippen molar-refractivity contribution in [1.82, 2.24) is 10.3 Å². The van der Waals surface area contributed by atoms with Crippen molar-refractivity contribution in [3.8, 4) is 0 Å². The summed E-state index contributed by atoms with van der Waals surface area (Å²) in [5.74, 6) is -0.621. The molecule has 7 nitrogen and oxygen atoms in total. The van der Waals surface area contributed by atoms with E-state index in [0.717, 1.165) is 18.7 Å². The Morgan fingerprint density at radius 3 is 2.96 bits per heavy atom. The molecule has 1 amide bonds. The number of hydrogen-bond acceptors (Lipinski definition) is 6. The molecule has 0 spiro atoms. The molecule has 1 aliphatic rings. The third-order valence-electron chi connectivity index (χ3n) is 3.55. The SMILES string of the molecule is CCC/C(N)=C(\Cl)C(=N)C(=O)Nc1ccc([C@H]2CNCCO2)nc1. The Labute approximate surface area is 146 Å². The molecule has 5 N–H and O–H groups in total. The number of nitrogens with zero attached hydrogens (tertiary/aromatic N) is 1. The topological polar surface area (TPSA) is 113 Å². The summed E-state index contributed by atoms with van der Waals surface area (Å²) in [6.45, 7) is 4.13. The van der Waals surface area contributed by atoms with E-state index < -0.39 is 5.91 Å². The van der Waals surface area contributed by atoms with Gasteiger partial charge in [0, 0.05) is 18.8 Å². The molecule has 2 rings (SSSR count). The zero-order valence-electron chi connectivity index (χ0n) is 13.6. The number of allylic oxidation sites excluding steroid dienone is 1. The second kappa shape index (κ2) is 8.77. The average Bonchev–Trinajstić information content (AvgIpc) is 2.62. The van der Waals surface area contributed by atoms with Crippen molar-refractivity contribution in [1.29, 1.82) is 5.41 Å². The first-order valence-electron chi connectivity index (χ1n) is 7.85. The number of aromatic nitrogens is 1. The maximum absolute atomic E-state index is 12.1. The van der Waals surface area contributed by atoms with E-state index in [-0.39, 0.29) is 16.8 Å². The predicted octanol–water partition coefficient (Wildman–Crippen LogP) is 1.91. The summed E-state index contributed by atoms with van der Waals surface area (Å²) in [4.78, 5) is 16.4. The fraction of sp³-hybridized carbons (Fsp3) is 0.438. The summed E-state index contributed by atoms with van der Waals surface area (Å²) in [6.07, 6.45) is 2.78. The molecule has 1 aliphatic heterocycles. The lowest BCUT2D eigenvalue weighted by atomic mass is 10.2. The smallest absolute Gasteiger partial charge is 0.275 e. The summed E-state index contributed by atoms with van der Waals surface area (Å²) in [7, 11) is 0. The van der Waals surface area contributed by atoms with E-state index in [1.54, 1.807) is 12.1 Å². The Balaban J connectivity index is 1.99. The maximum Gasteiger partial charge on any atom is 0.275 e. The highest BCUT2D eigenvalue weighted by Crippen LogP contribution is 2.18. The Bertz CT molecular complexity index is 624. The number of nitrogens with two attached hydrogens (primary N) is 1. The molecule has 130 valence electrons. The van der Waals surface area contributed by atoms with E-state index >= 15 is 0 Å². The molecule has 8 heteroatoms. The van der Waals surface area contributed by atoms with E-state index in [4.69, 9.17) is 27.5 Å². The number of carbonyl (C=O) groups is 1. The number of ether oxygens (including phenoxy) is 1. The fourth-order valence-corrected chi connectivity index (χ4v) is 2.44. The first-order chi connectivity index (χ1) is 11.5. The number of rotatable bonds is 6. The van der Waals surface area contributed by atoms with Gasteiger partial charge in [0.2, 0.25) is 0 Å². The van der Waals surface area contributed by atoms with Gasteiger partial charge in [0.1, 0.15) is 11.8 Å². The van der Waals surface area contributed by atoms with Crippen LogP contribution in [0.2, 0.25) is 0 Å². The van der Waals surface area contributed by atoms with E-state index in [1.165, 1.54) is 6.20 Å². The number of morpholine rings is 1. The fourth-order valence-electron chi connectivity index (χ4n) is 2.26. The molecule has 1 saturated heterocycles. The van der Waals surface area contributed by atoms with Gasteiger partial charge >= 0.3 is 0 Å². The molecule has 0 aromatic carbocycles. The zero-order valence-corrected chi connectivity index (χ0v) is 14.3. The van der Waals surface area contributed by atoms with Crippen molar-refractivity contribution in [3.05, 3.63) is 34.8 Å². The van der Waals surface area contributed by atoms with Crippen LogP contribution < -0.4 is 16.4 Å². The molecule has 1 aromatic heterocycles. The summed E-state index contributed by atoms with van der Waals surface area (Å²) in [6, 6.07) is 3.51. The first-order valence-corrected chi connectivity index (χ1v) is 8.23. The lowest BCUT2D eigenvalue weighted by Gasteiger charge is -2.23. The van der Waals surface area contributed by atoms with Gasteiger partial charge in [-0.3, -0.25) is 15.2 Å². The molecule has 0 aliphatic carbocycles. The lowest BCUT2D eigenvalue weighted by Crippen LogP contribution is -2.33. The summed E-state index contributed by atoms with van der Waals surface area (Å²) in [5.41, 5.74) is 7.02. The second-order valence-corrected chi connectivity index (χ2v) is 5.83. The molecular formula is C16H22ClN5O2. The Morgan fingerprint density at radius 2 is 2.38 bits per heavy atom. The molecule has 24 heavy (non-hydrogen) atoms. The van der Waals surface area contributed by atoms with Crippen LogP contribution in [0.3, 0.4) is 0 Å². The van der Waals surface area contributed by atoms with Crippen LogP contribution in [0, 0.1) is 5.41 Å². The van der Waals surface area contributed by atoms with Crippen molar-refractivity contribution in [2.45, 2.75) is 25.9 Å². The molecule has 0 unspecified atom stereocenters. The van der Waals surface area contributed by atoms with E-state index in [2.05, 4.69) is 15.6 Å². The number of hydrogen-bond donors (Lipinski definition) is 4. The van der Waals surface area contributed by atoms with E-state index in [0.29, 0.717) is 31.0 Å². The van der Waals surface area contributed by atoms with Crippen LogP contribution in [0.15, 0.2) is 29.1 Å². The monoisotopic (exact) mass is 351 g/mol. The average molecular weight is 352 g/mol. The summed E-state index contributed by atoms with van der Waals surface area (Å²) >= 11 is 5.98. The van der Waals surface area contributed by atoms with E-state index in [1.807, 2.05) is 6.92 Å². The number of anilines is 1. The molecule has 1 fully saturated rings. The third kappa shape index (κ3) is 4.77. The van der Waals surface area contributed by atoms with Gasteiger partial charge in [-0.1, -0.05) is 24.9 Å². The Kier molecular flexibility index (Phi) is 6.72. The normalized spacial score (nSPS) is 18.7. The number of carbonyl (C=O) groups excluding carboxylic acids is 1. The minimum absolute atomic E-state index is 0.0133. The van der Waals surface area contributed by atoms with Crippen molar-refractivity contribution < 1.29 is 9.53 Å². The van der Waals surface area contributed by atoms with Crippen LogP contribution in [-0.4, -0.2) is 36.3 Å². The van der Waals surface area contributed by atoms with Gasteiger partial charge < -0.3 is 21.1 Å². The number of nitrogens with one attached hydrogen (secondary N) is 3. The van der Waals surface area contributed by atoms with Gasteiger partial charge in [-0.25, -0.2) is 0 Å². The Hall–Kier alpha value is -1.96. The van der Waals surface area contributed by atoms with Gasteiger partial charge in [0.15, 0.2) is 0 Å². The number of halogens is 1. The zero-order chi connectivity index (χ0) is 17.5. The van der Waals surface area contributed by atoms with Crippen LogP contribution in [-0.2, 0) is 9.53 Å². The van der Waals surface area contributed by atoms with Gasteiger partial charge in [-0.05, 0) is 18.6 Å². The first kappa shape index (κ1) is 18.4. The standard InChI is InChI=1S/C16H22ClN5O2/c1-2-3-11(18)14(17)15(19)16(23)22-10-4-5-12(21-8-10)13-9-20-6-7-24-13/h4-5,8,13,19-20H,2-3,6-7,9,18H2,1H3,(H,22,23)/b14-11+,19-15?/t13-/m1/s1. The second-order valence-electron chi connectivity index (χ2n) is 5.45. The molecule has 0 radical (unpaired) electrons. The summed E-state index contributed by atoms with van der Waals surface area (Å²) < 4.78 is 5.62. The van der Waals surface area contributed by atoms with Crippen LogP contribution in [0.1, 0.15) is 31.6 Å². The number of amides is 1. The predicted molar refractivity (Wildman–Crippen MR) is 94.1 cm³/mol. The lowest BCUT2D eigenvalue weighted by molar-refractivity contribution is -0.110. The van der Waals surface area contributed by atoms with Gasteiger partial charge in [0.05, 0.1) is 29.2 Å². The molecule has 0 bridgehead atoms. The molecule has 1 atom stereocenters. The maximum atomic E-state index is 12.1. The van der Waals surface area contributed by atoms with Crippen LogP contribution in [0.5, 0.6) is 0 Å². The van der Waals surface area contributed by atoms with Crippen LogP contribution >= 0.6 is 11.6 Å². The van der Waals surface area contributed by atoms with Crippen molar-refractivity contribution in [2.24, 2.45) is 5.73 Å². The largest absolute Gasteiger partial charge is 0.401 e. The van der Waals surface area contributed by atoms with Crippen molar-refractivity contribution in [3.63, 3.8) is 0 Å². The highest BCUT2D eigenvalue weighted by atomic mass is 35.5. The minimum atomic E-state index is -0.621. The molecule has 2 heterocycles. The molecule has 1 aromatic rings. The van der Waals surface area contributed by atoms with Crippen LogP contribution in [0.4, 0.5) is 5.69 Å².